The van der Waals surface area contributed by atoms with Crippen LogP contribution in [0.2, 0.25) is 10.0 Å². The van der Waals surface area contributed by atoms with Gasteiger partial charge in [-0.1, -0.05) is 41.4 Å². The van der Waals surface area contributed by atoms with E-state index in [1.165, 1.54) is 0 Å². The van der Waals surface area contributed by atoms with Crippen LogP contribution in [0.4, 0.5) is 5.69 Å². The molecule has 4 N–H and O–H groups in total. The summed E-state index contributed by atoms with van der Waals surface area (Å²) in [6.45, 7) is 1.58. The van der Waals surface area contributed by atoms with Crippen molar-refractivity contribution in [2.45, 2.75) is 13.0 Å². The number of amides is 1. The number of benzene rings is 2. The molecule has 0 aliphatic carbocycles. The number of aromatic nitrogens is 2. The number of fused-ring (bicyclic) bond motifs is 1. The van der Waals surface area contributed by atoms with Crippen molar-refractivity contribution in [3.8, 4) is 5.88 Å². The molecule has 8 nitrogen and oxygen atoms in total. The van der Waals surface area contributed by atoms with E-state index in [1.807, 2.05) is 13.0 Å². The van der Waals surface area contributed by atoms with Gasteiger partial charge in [-0.25, -0.2) is 9.36 Å². The van der Waals surface area contributed by atoms with E-state index in [0.717, 1.165) is 21.4 Å². The number of hydrogen-bond donors (Lipinski definition) is 4. The average Bonchev–Trinajstić information content (AvgIpc) is 3.32. The van der Waals surface area contributed by atoms with Crippen molar-refractivity contribution in [1.29, 1.82) is 0 Å². The summed E-state index contributed by atoms with van der Waals surface area (Å²) in [4.78, 5) is 32.7. The SMILES string of the molecule is Cc1c(Cl)ccc2c1N=C/C2=C\c1[nH]c(=O)n(C(C(=O)NCCO)c2ccc(Cl)cc2)c1O. The van der Waals surface area contributed by atoms with E-state index in [-0.39, 0.29) is 18.8 Å². The first kappa shape index (κ1) is 22.8. The van der Waals surface area contributed by atoms with Crippen LogP contribution in [0.3, 0.4) is 0 Å². The lowest BCUT2D eigenvalue weighted by molar-refractivity contribution is -0.123. The molecule has 1 atom stereocenters. The van der Waals surface area contributed by atoms with Crippen LogP contribution < -0.4 is 11.0 Å². The first-order chi connectivity index (χ1) is 15.8. The summed E-state index contributed by atoms with van der Waals surface area (Å²) < 4.78 is 0.961. The van der Waals surface area contributed by atoms with Crippen LogP contribution in [0.5, 0.6) is 5.88 Å². The van der Waals surface area contributed by atoms with Crippen LogP contribution in [-0.4, -0.2) is 45.0 Å². The summed E-state index contributed by atoms with van der Waals surface area (Å²) >= 11 is 12.1. The minimum absolute atomic E-state index is 0.00503. The molecule has 170 valence electrons. The minimum Gasteiger partial charge on any atom is -0.493 e. The van der Waals surface area contributed by atoms with E-state index >= 15 is 0 Å². The lowest BCUT2D eigenvalue weighted by Gasteiger charge is -2.18. The molecule has 1 amide bonds. The van der Waals surface area contributed by atoms with Crippen molar-refractivity contribution >= 4 is 52.7 Å². The van der Waals surface area contributed by atoms with Crippen LogP contribution in [0.25, 0.3) is 11.6 Å². The fraction of sp³-hybridized carbons (Fsp3) is 0.174. The highest BCUT2D eigenvalue weighted by Gasteiger charge is 2.29. The van der Waals surface area contributed by atoms with Crippen molar-refractivity contribution in [3.63, 3.8) is 0 Å². The van der Waals surface area contributed by atoms with Gasteiger partial charge in [-0.05, 0) is 42.3 Å². The monoisotopic (exact) mass is 486 g/mol. The second-order valence-electron chi connectivity index (χ2n) is 7.43. The third-order valence-corrected chi connectivity index (χ3v) is 6.00. The van der Waals surface area contributed by atoms with Gasteiger partial charge in [0, 0.05) is 33.9 Å². The molecule has 1 aromatic heterocycles. The zero-order valence-electron chi connectivity index (χ0n) is 17.5. The fourth-order valence-electron chi connectivity index (χ4n) is 3.69. The zero-order valence-corrected chi connectivity index (χ0v) is 19.0. The topological polar surface area (TPSA) is 120 Å². The van der Waals surface area contributed by atoms with Gasteiger partial charge in [0.2, 0.25) is 11.8 Å². The van der Waals surface area contributed by atoms with Gasteiger partial charge in [0.25, 0.3) is 0 Å². The number of aromatic amines is 1. The number of imidazole rings is 1. The summed E-state index contributed by atoms with van der Waals surface area (Å²) in [5.41, 5.74) is 2.89. The number of carbonyl (C=O) groups is 1. The molecule has 0 spiro atoms. The van der Waals surface area contributed by atoms with Crippen LogP contribution in [0.15, 0.2) is 46.2 Å². The van der Waals surface area contributed by atoms with Gasteiger partial charge >= 0.3 is 5.69 Å². The third-order valence-electron chi connectivity index (χ3n) is 5.34. The molecule has 2 heterocycles. The van der Waals surface area contributed by atoms with Gasteiger partial charge in [-0.3, -0.25) is 9.79 Å². The van der Waals surface area contributed by atoms with Gasteiger partial charge in [0.05, 0.1) is 12.3 Å². The molecule has 1 unspecified atom stereocenters. The summed E-state index contributed by atoms with van der Waals surface area (Å²) in [5.74, 6) is -0.987. The minimum atomic E-state index is -1.18. The van der Waals surface area contributed by atoms with Gasteiger partial charge in [0.1, 0.15) is 11.7 Å². The predicted molar refractivity (Wildman–Crippen MR) is 129 cm³/mol. The lowest BCUT2D eigenvalue weighted by atomic mass is 10.0. The van der Waals surface area contributed by atoms with E-state index in [1.54, 1.807) is 42.6 Å². The van der Waals surface area contributed by atoms with Gasteiger partial charge in [0.15, 0.2) is 0 Å². The molecule has 0 fully saturated rings. The van der Waals surface area contributed by atoms with Crippen LogP contribution >= 0.6 is 23.2 Å². The van der Waals surface area contributed by atoms with E-state index in [4.69, 9.17) is 28.3 Å². The highest BCUT2D eigenvalue weighted by molar-refractivity contribution is 6.32. The number of rotatable bonds is 6. The number of carbonyl (C=O) groups excluding carboxylic acids is 1. The zero-order chi connectivity index (χ0) is 23.7. The van der Waals surface area contributed by atoms with Crippen molar-refractivity contribution < 1.29 is 15.0 Å². The number of aliphatic hydroxyl groups excluding tert-OH is 1. The second kappa shape index (κ2) is 9.27. The Morgan fingerprint density at radius 1 is 1.24 bits per heavy atom. The highest BCUT2D eigenvalue weighted by atomic mass is 35.5. The molecular weight excluding hydrogens is 467 g/mol. The maximum absolute atomic E-state index is 12.9. The number of nitrogens with one attached hydrogen (secondary N) is 2. The summed E-state index contributed by atoms with van der Waals surface area (Å²) in [5, 5.41) is 23.6. The number of halogens is 2. The molecule has 0 radical (unpaired) electrons. The Morgan fingerprint density at radius 3 is 2.67 bits per heavy atom. The molecule has 1 aliphatic heterocycles. The van der Waals surface area contributed by atoms with Gasteiger partial charge < -0.3 is 20.5 Å². The number of hydrogen-bond acceptors (Lipinski definition) is 5. The molecular formula is C23H20Cl2N4O4. The lowest BCUT2D eigenvalue weighted by Crippen LogP contribution is -2.38. The van der Waals surface area contributed by atoms with Crippen molar-refractivity contribution in [1.82, 2.24) is 14.9 Å². The maximum Gasteiger partial charge on any atom is 0.329 e. The van der Waals surface area contributed by atoms with Crippen LogP contribution in [-0.2, 0) is 4.79 Å². The Balaban J connectivity index is 1.79. The van der Waals surface area contributed by atoms with Crippen molar-refractivity contribution in [2.75, 3.05) is 13.2 Å². The predicted octanol–water partition coefficient (Wildman–Crippen LogP) is 3.45. The molecule has 0 saturated heterocycles. The van der Waals surface area contributed by atoms with Gasteiger partial charge in [-0.15, -0.1) is 0 Å². The summed E-state index contributed by atoms with van der Waals surface area (Å²) in [6.07, 6.45) is 3.20. The maximum atomic E-state index is 12.9. The molecule has 0 bridgehead atoms. The molecule has 4 rings (SSSR count). The van der Waals surface area contributed by atoms with E-state index in [9.17, 15) is 14.7 Å². The quantitative estimate of drug-likeness (QED) is 0.426. The number of nitrogens with zero attached hydrogens (tertiary/aromatic N) is 2. The Labute approximate surface area is 198 Å². The standard InChI is InChI=1S/C23H20Cl2N4O4/c1-12-17(25)7-6-16-14(11-27-19(12)16)10-18-22(32)29(23(33)28-18)20(21(31)26-8-9-30)13-2-4-15(24)5-3-13/h2-7,10-11,20,30,32H,8-9H2,1H3,(H,26,31)(H,28,33)/b14-10+. The number of H-pyrrole nitrogens is 1. The number of aliphatic imine (C=N–C) groups is 1. The molecule has 10 heteroatoms. The largest absolute Gasteiger partial charge is 0.493 e. The first-order valence-corrected chi connectivity index (χ1v) is 10.8. The first-order valence-electron chi connectivity index (χ1n) is 10.0. The second-order valence-corrected chi connectivity index (χ2v) is 8.28. The van der Waals surface area contributed by atoms with Crippen LogP contribution in [0, 0.1) is 6.92 Å². The molecule has 0 saturated carbocycles. The Bertz CT molecular complexity index is 1340. The van der Waals surface area contributed by atoms with Gasteiger partial charge in [-0.2, -0.15) is 0 Å². The molecule has 1 aliphatic rings. The highest BCUT2D eigenvalue weighted by Crippen LogP contribution is 2.39. The Kier molecular flexibility index (Phi) is 6.42. The van der Waals surface area contributed by atoms with Crippen molar-refractivity contribution in [2.24, 2.45) is 4.99 Å². The van der Waals surface area contributed by atoms with E-state index in [0.29, 0.717) is 21.2 Å². The summed E-state index contributed by atoms with van der Waals surface area (Å²) in [6, 6.07) is 8.74. The van der Waals surface area contributed by atoms with Crippen molar-refractivity contribution in [3.05, 3.63) is 79.3 Å². The Hall–Kier alpha value is -3.33. The summed E-state index contributed by atoms with van der Waals surface area (Å²) in [7, 11) is 0. The smallest absolute Gasteiger partial charge is 0.329 e. The van der Waals surface area contributed by atoms with E-state index < -0.39 is 23.5 Å². The molecule has 3 aromatic rings. The normalized spacial score (nSPS) is 14.5. The van der Waals surface area contributed by atoms with Crippen LogP contribution in [0.1, 0.15) is 28.4 Å². The molecule has 33 heavy (non-hydrogen) atoms. The third kappa shape index (κ3) is 4.32. The van der Waals surface area contributed by atoms with E-state index in [2.05, 4.69) is 15.3 Å². The fourth-order valence-corrected chi connectivity index (χ4v) is 3.96. The number of allylic oxidation sites excluding steroid dienone is 1. The average molecular weight is 487 g/mol. The Morgan fingerprint density at radius 2 is 1.97 bits per heavy atom. The number of aliphatic hydroxyl groups is 1. The molecule has 2 aromatic carbocycles. The number of aromatic hydroxyl groups is 1.